The van der Waals surface area contributed by atoms with Gasteiger partial charge in [-0.2, -0.15) is 0 Å². The molecule has 0 bridgehead atoms. The fraction of sp³-hybridized carbons (Fsp3) is 0.417. The summed E-state index contributed by atoms with van der Waals surface area (Å²) < 4.78 is 0. The van der Waals surface area contributed by atoms with Crippen molar-refractivity contribution in [2.45, 2.75) is 18.9 Å². The van der Waals surface area contributed by atoms with Crippen LogP contribution in [-0.2, 0) is 16.0 Å². The highest BCUT2D eigenvalue weighted by Crippen LogP contribution is 2.08. The molecule has 1 aromatic heterocycles. The zero-order chi connectivity index (χ0) is 13.1. The first-order valence-corrected chi connectivity index (χ1v) is 5.78. The van der Waals surface area contributed by atoms with E-state index in [1.54, 1.807) is 24.1 Å². The molecule has 6 nitrogen and oxygen atoms in total. The van der Waals surface area contributed by atoms with E-state index >= 15 is 0 Å². The summed E-state index contributed by atoms with van der Waals surface area (Å²) >= 11 is 0. The lowest BCUT2D eigenvalue weighted by molar-refractivity contribution is -0.126. The average molecular weight is 248 g/mol. The second-order valence-corrected chi connectivity index (χ2v) is 4.50. The monoisotopic (exact) mass is 248 g/mol. The van der Waals surface area contributed by atoms with Crippen molar-refractivity contribution in [2.24, 2.45) is 0 Å². The van der Waals surface area contributed by atoms with E-state index in [4.69, 9.17) is 5.73 Å². The van der Waals surface area contributed by atoms with Crippen molar-refractivity contribution in [3.63, 3.8) is 0 Å². The van der Waals surface area contributed by atoms with Crippen molar-refractivity contribution in [3.05, 3.63) is 24.0 Å². The van der Waals surface area contributed by atoms with Gasteiger partial charge in [-0.05, 0) is 12.1 Å². The molecular formula is C12H16N4O2. The minimum absolute atomic E-state index is 0.0610. The molecular weight excluding hydrogens is 232 g/mol. The first kappa shape index (κ1) is 12.3. The van der Waals surface area contributed by atoms with E-state index < -0.39 is 0 Å². The van der Waals surface area contributed by atoms with E-state index in [1.165, 1.54) is 6.20 Å². The number of hydrogen-bond donors (Lipinski definition) is 2. The summed E-state index contributed by atoms with van der Waals surface area (Å²) in [4.78, 5) is 28.7. The fourth-order valence-electron chi connectivity index (χ4n) is 1.94. The highest BCUT2D eigenvalue weighted by atomic mass is 16.2. The zero-order valence-corrected chi connectivity index (χ0v) is 10.2. The van der Waals surface area contributed by atoms with Gasteiger partial charge in [0.05, 0.1) is 24.3 Å². The zero-order valence-electron chi connectivity index (χ0n) is 10.2. The molecule has 18 heavy (non-hydrogen) atoms. The number of hydrogen-bond acceptors (Lipinski definition) is 4. The van der Waals surface area contributed by atoms with Crippen molar-refractivity contribution in [3.8, 4) is 0 Å². The number of aromatic nitrogens is 1. The van der Waals surface area contributed by atoms with Gasteiger partial charge in [0, 0.05) is 25.7 Å². The molecule has 3 N–H and O–H groups in total. The summed E-state index contributed by atoms with van der Waals surface area (Å²) in [6, 6.07) is 3.34. The second kappa shape index (κ2) is 5.03. The number of rotatable bonds is 3. The first-order chi connectivity index (χ1) is 8.54. The standard InChI is InChI=1S/C12H16N4O2/c1-16-7-10(5-12(16)18)15-11(17)4-9-3-2-8(13)6-14-9/h2-3,6,10H,4-5,7,13H2,1H3,(H,15,17). The minimum Gasteiger partial charge on any atom is -0.397 e. The molecule has 6 heteroatoms. The van der Waals surface area contributed by atoms with Crippen LogP contribution in [0, 0.1) is 0 Å². The van der Waals surface area contributed by atoms with Crippen molar-refractivity contribution < 1.29 is 9.59 Å². The molecule has 1 aromatic rings. The van der Waals surface area contributed by atoms with E-state index in [2.05, 4.69) is 10.3 Å². The van der Waals surface area contributed by atoms with E-state index in [0.717, 1.165) is 0 Å². The third-order valence-electron chi connectivity index (χ3n) is 2.90. The third kappa shape index (κ3) is 2.97. The molecule has 0 aromatic carbocycles. The number of anilines is 1. The molecule has 2 amide bonds. The molecule has 0 saturated carbocycles. The topological polar surface area (TPSA) is 88.3 Å². The van der Waals surface area contributed by atoms with E-state index in [9.17, 15) is 9.59 Å². The van der Waals surface area contributed by atoms with Gasteiger partial charge in [-0.25, -0.2) is 0 Å². The predicted molar refractivity (Wildman–Crippen MR) is 66.5 cm³/mol. The number of likely N-dealkylation sites (N-methyl/N-ethyl adjacent to an activating group) is 1. The van der Waals surface area contributed by atoms with Gasteiger partial charge in [0.25, 0.3) is 0 Å². The van der Waals surface area contributed by atoms with Gasteiger partial charge in [0.1, 0.15) is 0 Å². The SMILES string of the molecule is CN1CC(NC(=O)Cc2ccc(N)cn2)CC1=O. The van der Waals surface area contributed by atoms with Crippen molar-refractivity contribution >= 4 is 17.5 Å². The molecule has 2 rings (SSSR count). The van der Waals surface area contributed by atoms with Gasteiger partial charge in [-0.1, -0.05) is 0 Å². The Morgan fingerprint density at radius 1 is 1.61 bits per heavy atom. The number of nitrogens with two attached hydrogens (primary N) is 1. The predicted octanol–water partition coefficient (Wildman–Crippen LogP) is -0.447. The lowest BCUT2D eigenvalue weighted by atomic mass is 10.2. The first-order valence-electron chi connectivity index (χ1n) is 5.78. The summed E-state index contributed by atoms with van der Waals surface area (Å²) in [5.74, 6) is -0.0636. The van der Waals surface area contributed by atoms with Gasteiger partial charge in [-0.3, -0.25) is 14.6 Å². The molecule has 1 unspecified atom stereocenters. The number of pyridine rings is 1. The number of carbonyl (C=O) groups is 2. The highest BCUT2D eigenvalue weighted by molar-refractivity contribution is 5.82. The van der Waals surface area contributed by atoms with Crippen LogP contribution >= 0.6 is 0 Å². The maximum Gasteiger partial charge on any atom is 0.226 e. The summed E-state index contributed by atoms with van der Waals surface area (Å²) in [5, 5.41) is 2.83. The van der Waals surface area contributed by atoms with Crippen LogP contribution < -0.4 is 11.1 Å². The summed E-state index contributed by atoms with van der Waals surface area (Å²) in [7, 11) is 1.73. The lowest BCUT2D eigenvalue weighted by Crippen LogP contribution is -2.37. The number of likely N-dealkylation sites (tertiary alicyclic amines) is 1. The van der Waals surface area contributed by atoms with Gasteiger partial charge in [-0.15, -0.1) is 0 Å². The molecule has 1 fully saturated rings. The van der Waals surface area contributed by atoms with Crippen LogP contribution in [0.15, 0.2) is 18.3 Å². The number of nitrogens with zero attached hydrogens (tertiary/aromatic N) is 2. The molecule has 1 atom stereocenters. The Morgan fingerprint density at radius 2 is 2.39 bits per heavy atom. The Balaban J connectivity index is 1.86. The van der Waals surface area contributed by atoms with Gasteiger partial charge < -0.3 is 16.0 Å². The molecule has 96 valence electrons. The number of nitrogens with one attached hydrogen (secondary N) is 1. The summed E-state index contributed by atoms with van der Waals surface area (Å²) in [5.41, 5.74) is 6.75. The van der Waals surface area contributed by atoms with E-state index in [0.29, 0.717) is 24.3 Å². The molecule has 1 aliphatic rings. The second-order valence-electron chi connectivity index (χ2n) is 4.50. The molecule has 1 aliphatic heterocycles. The number of amides is 2. The van der Waals surface area contributed by atoms with Crippen LogP contribution in [0.4, 0.5) is 5.69 Å². The normalized spacial score (nSPS) is 19.1. The van der Waals surface area contributed by atoms with Gasteiger partial charge >= 0.3 is 0 Å². The Hall–Kier alpha value is -2.11. The Morgan fingerprint density at radius 3 is 2.94 bits per heavy atom. The molecule has 0 radical (unpaired) electrons. The third-order valence-corrected chi connectivity index (χ3v) is 2.90. The number of carbonyl (C=O) groups excluding carboxylic acids is 2. The maximum absolute atomic E-state index is 11.8. The summed E-state index contributed by atoms with van der Waals surface area (Å²) in [6.07, 6.45) is 2.10. The van der Waals surface area contributed by atoms with Crippen molar-refractivity contribution in [1.29, 1.82) is 0 Å². The van der Waals surface area contributed by atoms with E-state index in [-0.39, 0.29) is 24.3 Å². The van der Waals surface area contributed by atoms with Crippen LogP contribution in [-0.4, -0.2) is 41.3 Å². The Labute approximate surface area is 105 Å². The minimum atomic E-state index is -0.125. The van der Waals surface area contributed by atoms with Crippen LogP contribution in [0.3, 0.4) is 0 Å². The van der Waals surface area contributed by atoms with Crippen LogP contribution in [0.5, 0.6) is 0 Å². The Kier molecular flexibility index (Phi) is 3.45. The average Bonchev–Trinajstić information content (AvgIpc) is 2.61. The van der Waals surface area contributed by atoms with Crippen molar-refractivity contribution in [2.75, 3.05) is 19.3 Å². The quantitative estimate of drug-likeness (QED) is 0.758. The largest absolute Gasteiger partial charge is 0.397 e. The number of nitrogen functional groups attached to an aromatic ring is 1. The fourth-order valence-corrected chi connectivity index (χ4v) is 1.94. The molecule has 0 spiro atoms. The van der Waals surface area contributed by atoms with Crippen LogP contribution in [0.25, 0.3) is 0 Å². The molecule has 2 heterocycles. The van der Waals surface area contributed by atoms with Gasteiger partial charge in [0.2, 0.25) is 11.8 Å². The molecule has 1 saturated heterocycles. The molecule has 0 aliphatic carbocycles. The maximum atomic E-state index is 11.8. The van der Waals surface area contributed by atoms with Crippen LogP contribution in [0.1, 0.15) is 12.1 Å². The summed E-state index contributed by atoms with van der Waals surface area (Å²) in [6.45, 7) is 0.569. The van der Waals surface area contributed by atoms with Crippen LogP contribution in [0.2, 0.25) is 0 Å². The van der Waals surface area contributed by atoms with E-state index in [1.807, 2.05) is 0 Å². The van der Waals surface area contributed by atoms with Crippen molar-refractivity contribution in [1.82, 2.24) is 15.2 Å². The smallest absolute Gasteiger partial charge is 0.226 e. The Bertz CT molecular complexity index is 458. The van der Waals surface area contributed by atoms with Gasteiger partial charge in [0.15, 0.2) is 0 Å². The highest BCUT2D eigenvalue weighted by Gasteiger charge is 2.27. The lowest BCUT2D eigenvalue weighted by Gasteiger charge is -2.12.